The van der Waals surface area contributed by atoms with Crippen molar-refractivity contribution in [2.75, 3.05) is 19.8 Å². The third-order valence-corrected chi connectivity index (χ3v) is 3.38. The average molecular weight is 335 g/mol. The lowest BCUT2D eigenvalue weighted by molar-refractivity contribution is -0.148. The Labute approximate surface area is 135 Å². The highest BCUT2D eigenvalue weighted by Gasteiger charge is 2.08. The summed E-state index contributed by atoms with van der Waals surface area (Å²) >= 11 is 11.7. The van der Waals surface area contributed by atoms with Gasteiger partial charge in [-0.05, 0) is 31.0 Å². The fourth-order valence-electron chi connectivity index (χ4n) is 1.67. The number of hydrogen-bond acceptors (Lipinski definition) is 4. The van der Waals surface area contributed by atoms with Crippen molar-refractivity contribution >= 4 is 29.2 Å². The largest absolute Gasteiger partial charge is 0.480 e. The summed E-state index contributed by atoms with van der Waals surface area (Å²) in [4.78, 5) is 11.5. The summed E-state index contributed by atoms with van der Waals surface area (Å²) in [6.45, 7) is 4.52. The number of ether oxygens (including phenoxy) is 3. The van der Waals surface area contributed by atoms with Crippen molar-refractivity contribution in [3.8, 4) is 5.75 Å². The number of hydrogen-bond donors (Lipinski definition) is 0. The summed E-state index contributed by atoms with van der Waals surface area (Å²) in [5.74, 6) is -0.0690. The van der Waals surface area contributed by atoms with Crippen LogP contribution in [0.4, 0.5) is 0 Å². The second-order valence-electron chi connectivity index (χ2n) is 4.39. The van der Waals surface area contributed by atoms with Crippen LogP contribution in [0.1, 0.15) is 26.7 Å². The Hall–Kier alpha value is -0.970. The van der Waals surface area contributed by atoms with Crippen LogP contribution in [-0.2, 0) is 14.3 Å². The third-order valence-electron chi connectivity index (χ3n) is 2.85. The van der Waals surface area contributed by atoms with Gasteiger partial charge in [-0.25, -0.2) is 4.79 Å². The van der Waals surface area contributed by atoms with E-state index >= 15 is 0 Å². The van der Waals surface area contributed by atoms with Gasteiger partial charge < -0.3 is 14.2 Å². The number of rotatable bonds is 9. The second-order valence-corrected chi connectivity index (χ2v) is 5.24. The molecule has 0 aromatic heterocycles. The summed E-state index contributed by atoms with van der Waals surface area (Å²) in [5.41, 5.74) is 0. The van der Waals surface area contributed by atoms with Gasteiger partial charge in [-0.2, -0.15) is 0 Å². The number of carbonyl (C=O) groups excluding carboxylic acids is 1. The lowest BCUT2D eigenvalue weighted by atomic mass is 10.2. The van der Waals surface area contributed by atoms with Crippen LogP contribution in [0.2, 0.25) is 10.0 Å². The summed E-state index contributed by atoms with van der Waals surface area (Å²) in [5, 5.41) is 0.862. The molecule has 0 spiro atoms. The van der Waals surface area contributed by atoms with Gasteiger partial charge in [0.1, 0.15) is 12.4 Å². The molecular formula is C15H20Cl2O4. The molecule has 0 aliphatic carbocycles. The minimum absolute atomic E-state index is 0.202. The topological polar surface area (TPSA) is 44.8 Å². The lowest BCUT2D eigenvalue weighted by Crippen LogP contribution is -2.20. The van der Waals surface area contributed by atoms with Crippen molar-refractivity contribution < 1.29 is 19.0 Å². The molecule has 0 unspecified atom stereocenters. The summed E-state index contributed by atoms with van der Waals surface area (Å²) in [6, 6.07) is 4.79. The van der Waals surface area contributed by atoms with Crippen LogP contribution in [0, 0.1) is 0 Å². The molecule has 1 aromatic rings. The summed E-state index contributed by atoms with van der Waals surface area (Å²) < 4.78 is 15.8. The number of carbonyl (C=O) groups is 1. The Morgan fingerprint density at radius 2 is 1.90 bits per heavy atom. The number of halogens is 2. The Morgan fingerprint density at radius 3 is 2.52 bits per heavy atom. The van der Waals surface area contributed by atoms with Crippen molar-refractivity contribution in [3.63, 3.8) is 0 Å². The molecule has 0 aliphatic rings. The van der Waals surface area contributed by atoms with Crippen molar-refractivity contribution in [2.45, 2.75) is 32.8 Å². The first kappa shape index (κ1) is 18.1. The average Bonchev–Trinajstić information content (AvgIpc) is 2.46. The molecule has 0 aliphatic heterocycles. The van der Waals surface area contributed by atoms with E-state index in [9.17, 15) is 4.79 Å². The van der Waals surface area contributed by atoms with Crippen molar-refractivity contribution in [2.24, 2.45) is 0 Å². The molecule has 1 rings (SSSR count). The quantitative estimate of drug-likeness (QED) is 0.503. The Morgan fingerprint density at radius 1 is 1.19 bits per heavy atom. The monoisotopic (exact) mass is 334 g/mol. The molecule has 0 saturated heterocycles. The predicted molar refractivity (Wildman–Crippen MR) is 83.2 cm³/mol. The van der Waals surface area contributed by atoms with E-state index < -0.39 is 5.97 Å². The van der Waals surface area contributed by atoms with E-state index in [1.54, 1.807) is 18.2 Å². The minimum Gasteiger partial charge on any atom is -0.480 e. The van der Waals surface area contributed by atoms with Crippen molar-refractivity contribution in [1.29, 1.82) is 0 Å². The van der Waals surface area contributed by atoms with Crippen LogP contribution >= 0.6 is 23.2 Å². The van der Waals surface area contributed by atoms with Gasteiger partial charge in [-0.15, -0.1) is 0 Å². The van der Waals surface area contributed by atoms with Crippen LogP contribution in [0.25, 0.3) is 0 Å². The van der Waals surface area contributed by atoms with E-state index in [-0.39, 0.29) is 19.3 Å². The molecule has 0 heterocycles. The number of benzene rings is 1. The molecule has 21 heavy (non-hydrogen) atoms. The van der Waals surface area contributed by atoms with Crippen molar-refractivity contribution in [3.05, 3.63) is 28.2 Å². The first-order valence-corrected chi connectivity index (χ1v) is 7.67. The highest BCUT2D eigenvalue weighted by Crippen LogP contribution is 2.27. The van der Waals surface area contributed by atoms with E-state index in [4.69, 9.17) is 37.4 Å². The van der Waals surface area contributed by atoms with Gasteiger partial charge in [0.2, 0.25) is 0 Å². The summed E-state index contributed by atoms with van der Waals surface area (Å²) in [7, 11) is 0. The smallest absolute Gasteiger partial charge is 0.344 e. The van der Waals surface area contributed by atoms with Gasteiger partial charge in [0.25, 0.3) is 0 Å². The van der Waals surface area contributed by atoms with Crippen molar-refractivity contribution in [1.82, 2.24) is 0 Å². The molecule has 0 amide bonds. The van der Waals surface area contributed by atoms with E-state index in [0.717, 1.165) is 12.8 Å². The number of esters is 1. The summed E-state index contributed by atoms with van der Waals surface area (Å²) in [6.07, 6.45) is 2.11. The van der Waals surface area contributed by atoms with E-state index in [0.29, 0.717) is 22.4 Å². The van der Waals surface area contributed by atoms with Crippen LogP contribution in [0.5, 0.6) is 5.75 Å². The van der Waals surface area contributed by atoms with E-state index in [1.165, 1.54) is 0 Å². The van der Waals surface area contributed by atoms with Gasteiger partial charge in [0.05, 0.1) is 17.7 Å². The maximum atomic E-state index is 11.5. The fraction of sp³-hybridized carbons (Fsp3) is 0.533. The maximum absolute atomic E-state index is 11.5. The van der Waals surface area contributed by atoms with Gasteiger partial charge in [-0.1, -0.05) is 37.0 Å². The first-order chi connectivity index (χ1) is 10.1. The maximum Gasteiger partial charge on any atom is 0.344 e. The zero-order chi connectivity index (χ0) is 15.7. The molecule has 118 valence electrons. The van der Waals surface area contributed by atoms with Gasteiger partial charge >= 0.3 is 5.97 Å². The molecule has 0 fully saturated rings. The molecule has 0 radical (unpaired) electrons. The first-order valence-electron chi connectivity index (χ1n) is 6.91. The molecule has 6 heteroatoms. The SMILES string of the molecule is CCC(CC)OCCOC(=O)COc1ccc(Cl)cc1Cl. The molecule has 1 aromatic carbocycles. The van der Waals surface area contributed by atoms with Gasteiger partial charge in [-0.3, -0.25) is 0 Å². The Kier molecular flexibility index (Phi) is 8.50. The molecular weight excluding hydrogens is 315 g/mol. The molecule has 0 bridgehead atoms. The lowest BCUT2D eigenvalue weighted by Gasteiger charge is -2.13. The molecule has 0 N–H and O–H groups in total. The van der Waals surface area contributed by atoms with E-state index in [2.05, 4.69) is 13.8 Å². The Balaban J connectivity index is 2.22. The van der Waals surface area contributed by atoms with Gasteiger partial charge in [0, 0.05) is 5.02 Å². The zero-order valence-corrected chi connectivity index (χ0v) is 13.7. The van der Waals surface area contributed by atoms with Crippen LogP contribution < -0.4 is 4.74 Å². The van der Waals surface area contributed by atoms with Crippen LogP contribution in [0.3, 0.4) is 0 Å². The van der Waals surface area contributed by atoms with Crippen LogP contribution in [0.15, 0.2) is 18.2 Å². The minimum atomic E-state index is -0.464. The third kappa shape index (κ3) is 7.02. The van der Waals surface area contributed by atoms with Gasteiger partial charge in [0.15, 0.2) is 6.61 Å². The normalized spacial score (nSPS) is 10.7. The fourth-order valence-corrected chi connectivity index (χ4v) is 2.13. The highest BCUT2D eigenvalue weighted by molar-refractivity contribution is 6.35. The second kappa shape index (κ2) is 9.87. The van der Waals surface area contributed by atoms with Crippen LogP contribution in [-0.4, -0.2) is 31.9 Å². The molecule has 0 atom stereocenters. The standard InChI is InChI=1S/C15H20Cl2O4/c1-3-12(4-2)19-7-8-20-15(18)10-21-14-6-5-11(16)9-13(14)17/h5-6,9,12H,3-4,7-8,10H2,1-2H3. The predicted octanol–water partition coefficient (Wildman–Crippen LogP) is 4.12. The molecule has 4 nitrogen and oxygen atoms in total. The van der Waals surface area contributed by atoms with E-state index in [1.807, 2.05) is 0 Å². The highest BCUT2D eigenvalue weighted by atomic mass is 35.5. The zero-order valence-electron chi connectivity index (χ0n) is 12.2. The molecule has 0 saturated carbocycles. The Bertz CT molecular complexity index is 447.